The van der Waals surface area contributed by atoms with Crippen LogP contribution >= 0.6 is 24.0 Å². The van der Waals surface area contributed by atoms with Gasteiger partial charge in [-0.25, -0.2) is 0 Å². The first-order valence-electron chi connectivity index (χ1n) is 10.3. The second-order valence-corrected chi connectivity index (χ2v) is 7.32. The summed E-state index contributed by atoms with van der Waals surface area (Å²) >= 11 is 0. The number of amides is 1. The van der Waals surface area contributed by atoms with Gasteiger partial charge >= 0.3 is 0 Å². The van der Waals surface area contributed by atoms with Crippen molar-refractivity contribution in [3.05, 3.63) is 59.2 Å². The number of rotatable bonds is 8. The van der Waals surface area contributed by atoms with Crippen molar-refractivity contribution in [3.63, 3.8) is 0 Å². The van der Waals surface area contributed by atoms with Crippen molar-refractivity contribution in [2.75, 3.05) is 14.2 Å². The monoisotopic (exact) mass is 538 g/mol. The molecule has 0 unspecified atom stereocenters. The number of guanidine groups is 1. The third-order valence-corrected chi connectivity index (χ3v) is 5.21. The van der Waals surface area contributed by atoms with Gasteiger partial charge in [0.1, 0.15) is 0 Å². The van der Waals surface area contributed by atoms with E-state index >= 15 is 0 Å². The Balaban J connectivity index is 0.00000341. The van der Waals surface area contributed by atoms with Gasteiger partial charge in [0.25, 0.3) is 0 Å². The molecule has 0 saturated heterocycles. The summed E-state index contributed by atoms with van der Waals surface area (Å²) in [6.45, 7) is 1.06. The van der Waals surface area contributed by atoms with Crippen molar-refractivity contribution in [3.8, 4) is 11.5 Å². The first-order chi connectivity index (χ1) is 14.6. The average Bonchev–Trinajstić information content (AvgIpc) is 3.28. The molecule has 2 aromatic rings. The summed E-state index contributed by atoms with van der Waals surface area (Å²) in [5, 5.41) is 6.58. The van der Waals surface area contributed by atoms with Crippen LogP contribution in [0.5, 0.6) is 11.5 Å². The predicted octanol–water partition coefficient (Wildman–Crippen LogP) is 3.60. The van der Waals surface area contributed by atoms with Gasteiger partial charge in [-0.15, -0.1) is 24.0 Å². The maximum absolute atomic E-state index is 11.4. The lowest BCUT2D eigenvalue weighted by Gasteiger charge is -2.20. The van der Waals surface area contributed by atoms with E-state index in [9.17, 15) is 4.79 Å². The molecule has 0 aliphatic heterocycles. The summed E-state index contributed by atoms with van der Waals surface area (Å²) in [7, 11) is 3.38. The van der Waals surface area contributed by atoms with Gasteiger partial charge in [-0.2, -0.15) is 0 Å². The summed E-state index contributed by atoms with van der Waals surface area (Å²) in [5.74, 6) is 1.75. The van der Waals surface area contributed by atoms with Crippen LogP contribution in [0.4, 0.5) is 0 Å². The van der Waals surface area contributed by atoms with E-state index in [1.165, 1.54) is 12.8 Å². The maximum atomic E-state index is 11.4. The number of benzene rings is 2. The number of halogens is 1. The highest BCUT2D eigenvalue weighted by molar-refractivity contribution is 14.0. The van der Waals surface area contributed by atoms with Gasteiger partial charge in [-0.3, -0.25) is 9.79 Å². The molecule has 1 aliphatic carbocycles. The fourth-order valence-electron chi connectivity index (χ4n) is 3.59. The molecule has 3 rings (SSSR count). The molecule has 1 aliphatic rings. The number of nitrogens with zero attached hydrogens (tertiary/aromatic N) is 1. The molecule has 1 fully saturated rings. The Morgan fingerprint density at radius 1 is 1.13 bits per heavy atom. The van der Waals surface area contributed by atoms with E-state index in [1.807, 2.05) is 30.3 Å². The van der Waals surface area contributed by atoms with E-state index in [4.69, 9.17) is 15.2 Å². The zero-order valence-corrected chi connectivity index (χ0v) is 20.3. The van der Waals surface area contributed by atoms with E-state index in [0.717, 1.165) is 35.5 Å². The molecule has 0 spiro atoms. The van der Waals surface area contributed by atoms with Gasteiger partial charge in [-0.1, -0.05) is 24.3 Å². The number of aliphatic imine (C=N–C) groups is 1. The van der Waals surface area contributed by atoms with Gasteiger partial charge < -0.3 is 25.8 Å². The Labute approximate surface area is 200 Å². The fraction of sp³-hybridized carbons (Fsp3) is 0.391. The van der Waals surface area contributed by atoms with Crippen LogP contribution in [-0.4, -0.2) is 32.1 Å². The third kappa shape index (κ3) is 7.02. The van der Waals surface area contributed by atoms with Crippen LogP contribution in [-0.2, 0) is 13.1 Å². The first-order valence-corrected chi connectivity index (χ1v) is 10.3. The van der Waals surface area contributed by atoms with Crippen molar-refractivity contribution >= 4 is 35.8 Å². The normalized spacial score (nSPS) is 13.9. The Morgan fingerprint density at radius 2 is 1.84 bits per heavy atom. The zero-order chi connectivity index (χ0) is 21.3. The number of nitrogens with two attached hydrogens (primary N) is 1. The molecule has 0 bridgehead atoms. The molecule has 8 heteroatoms. The topological polar surface area (TPSA) is 98.0 Å². The minimum atomic E-state index is -0.438. The van der Waals surface area contributed by atoms with E-state index in [1.54, 1.807) is 26.3 Å². The highest BCUT2D eigenvalue weighted by Crippen LogP contribution is 2.34. The minimum absolute atomic E-state index is 0. The Kier molecular flexibility index (Phi) is 9.90. The Hall–Kier alpha value is -2.49. The molecule has 31 heavy (non-hydrogen) atoms. The van der Waals surface area contributed by atoms with Gasteiger partial charge in [-0.05, 0) is 49.4 Å². The van der Waals surface area contributed by atoms with Crippen LogP contribution in [0, 0.1) is 0 Å². The highest BCUT2D eigenvalue weighted by atomic mass is 127. The lowest BCUT2D eigenvalue weighted by Crippen LogP contribution is -2.36. The Bertz CT molecular complexity index is 898. The van der Waals surface area contributed by atoms with Crippen LogP contribution in [0.3, 0.4) is 0 Å². The summed E-state index contributed by atoms with van der Waals surface area (Å²) in [5.41, 5.74) is 7.80. The van der Waals surface area contributed by atoms with Crippen LogP contribution in [0.1, 0.15) is 47.2 Å². The molecular formula is C23H31IN4O3. The van der Waals surface area contributed by atoms with Crippen LogP contribution in [0.25, 0.3) is 0 Å². The number of para-hydroxylation sites is 1. The first kappa shape index (κ1) is 24.8. The largest absolute Gasteiger partial charge is 0.493 e. The second-order valence-electron chi connectivity index (χ2n) is 7.32. The number of ether oxygens (including phenoxy) is 2. The van der Waals surface area contributed by atoms with E-state index in [0.29, 0.717) is 24.6 Å². The number of nitrogens with one attached hydrogen (secondary N) is 2. The molecule has 0 radical (unpaired) electrons. The predicted molar refractivity (Wildman–Crippen MR) is 133 cm³/mol. The minimum Gasteiger partial charge on any atom is -0.493 e. The van der Waals surface area contributed by atoms with Crippen LogP contribution < -0.4 is 25.8 Å². The molecule has 7 nitrogen and oxygen atoms in total. The van der Waals surface area contributed by atoms with E-state index in [-0.39, 0.29) is 30.1 Å². The quantitative estimate of drug-likeness (QED) is 0.271. The molecule has 0 aromatic heterocycles. The zero-order valence-electron chi connectivity index (χ0n) is 18.0. The summed E-state index contributed by atoms with van der Waals surface area (Å²) in [6, 6.07) is 13.1. The number of carbonyl (C=O) groups excluding carboxylic acids is 1. The number of hydrogen-bond acceptors (Lipinski definition) is 4. The van der Waals surface area contributed by atoms with Crippen LogP contribution in [0.2, 0.25) is 0 Å². The van der Waals surface area contributed by atoms with Crippen molar-refractivity contribution in [1.82, 2.24) is 10.6 Å². The Morgan fingerprint density at radius 3 is 2.52 bits per heavy atom. The standard InChI is InChI=1S/C23H30N4O3.HI/c1-25-23(26-14-16-7-5-8-17(13-16)22(24)28)27-15-18-9-6-12-20(29-2)21(18)30-19-10-3-4-11-19;/h5-9,12-13,19H,3-4,10-11,14-15H2,1-2H3,(H2,24,28)(H2,25,26,27);1H. The van der Waals surface area contributed by atoms with Crippen molar-refractivity contribution in [1.29, 1.82) is 0 Å². The lowest BCUT2D eigenvalue weighted by atomic mass is 10.1. The molecule has 0 atom stereocenters. The lowest BCUT2D eigenvalue weighted by molar-refractivity contribution is 0.1000. The van der Waals surface area contributed by atoms with Crippen molar-refractivity contribution < 1.29 is 14.3 Å². The number of hydrogen-bond donors (Lipinski definition) is 3. The molecule has 4 N–H and O–H groups in total. The van der Waals surface area contributed by atoms with Gasteiger partial charge in [0.15, 0.2) is 17.5 Å². The number of carbonyl (C=O) groups is 1. The molecule has 1 saturated carbocycles. The summed E-state index contributed by atoms with van der Waals surface area (Å²) < 4.78 is 11.8. The van der Waals surface area contributed by atoms with Gasteiger partial charge in [0, 0.05) is 31.3 Å². The molecule has 0 heterocycles. The second kappa shape index (κ2) is 12.4. The summed E-state index contributed by atoms with van der Waals surface area (Å²) in [6.07, 6.45) is 4.83. The number of primary amides is 1. The third-order valence-electron chi connectivity index (χ3n) is 5.21. The fourth-order valence-corrected chi connectivity index (χ4v) is 3.59. The molecular weight excluding hydrogens is 507 g/mol. The maximum Gasteiger partial charge on any atom is 0.248 e. The average molecular weight is 538 g/mol. The van der Waals surface area contributed by atoms with Crippen LogP contribution in [0.15, 0.2) is 47.5 Å². The number of methoxy groups -OCH3 is 1. The van der Waals surface area contributed by atoms with E-state index in [2.05, 4.69) is 15.6 Å². The molecule has 2 aromatic carbocycles. The van der Waals surface area contributed by atoms with Crippen molar-refractivity contribution in [2.45, 2.75) is 44.9 Å². The smallest absolute Gasteiger partial charge is 0.248 e. The molecule has 168 valence electrons. The van der Waals surface area contributed by atoms with E-state index < -0.39 is 5.91 Å². The highest BCUT2D eigenvalue weighted by Gasteiger charge is 2.20. The van der Waals surface area contributed by atoms with Gasteiger partial charge in [0.2, 0.25) is 5.91 Å². The molecule has 1 amide bonds. The SMILES string of the molecule is CN=C(NCc1cccc(C(N)=O)c1)NCc1cccc(OC)c1OC1CCCC1.I. The van der Waals surface area contributed by atoms with Gasteiger partial charge in [0.05, 0.1) is 13.2 Å². The summed E-state index contributed by atoms with van der Waals surface area (Å²) in [4.78, 5) is 15.6. The van der Waals surface area contributed by atoms with Crippen molar-refractivity contribution in [2.24, 2.45) is 10.7 Å².